The van der Waals surface area contributed by atoms with E-state index in [1.165, 1.54) is 18.9 Å². The molecule has 4 N–H and O–H groups in total. The van der Waals surface area contributed by atoms with Gasteiger partial charge >= 0.3 is 11.6 Å². The molecule has 1 atom stereocenters. The van der Waals surface area contributed by atoms with Crippen LogP contribution in [0, 0.1) is 6.92 Å². The third-order valence-corrected chi connectivity index (χ3v) is 6.85. The highest BCUT2D eigenvalue weighted by atomic mass is 32.2. The van der Waals surface area contributed by atoms with Crippen LogP contribution in [0.3, 0.4) is 0 Å². The van der Waals surface area contributed by atoms with E-state index >= 15 is 0 Å². The second kappa shape index (κ2) is 14.0. The van der Waals surface area contributed by atoms with E-state index in [-0.39, 0.29) is 17.7 Å². The smallest absolute Gasteiger partial charge is 0.340 e. The average Bonchev–Trinajstić information content (AvgIpc) is 2.92. The van der Waals surface area contributed by atoms with Crippen LogP contribution in [0.4, 0.5) is 0 Å². The fourth-order valence-electron chi connectivity index (χ4n) is 3.69. The molecule has 1 heterocycles. The van der Waals surface area contributed by atoms with Crippen LogP contribution in [0.2, 0.25) is 0 Å². The predicted octanol–water partition coefficient (Wildman–Crippen LogP) is 1.39. The normalized spacial score (nSPS) is 11.4. The summed E-state index contributed by atoms with van der Waals surface area (Å²) >= 11 is 1.41. The van der Waals surface area contributed by atoms with E-state index in [2.05, 4.69) is 16.0 Å². The first kappa shape index (κ1) is 29.2. The average molecular weight is 556 g/mol. The van der Waals surface area contributed by atoms with Gasteiger partial charge in [-0.3, -0.25) is 19.2 Å². The fourth-order valence-corrected chi connectivity index (χ4v) is 4.71. The highest BCUT2D eigenvalue weighted by molar-refractivity contribution is 7.98. The summed E-state index contributed by atoms with van der Waals surface area (Å²) in [6.45, 7) is 0.672. The lowest BCUT2D eigenvalue weighted by atomic mass is 10.0. The number of carboxylic acids is 1. The molecule has 0 bridgehead atoms. The highest BCUT2D eigenvalue weighted by Crippen LogP contribution is 2.24. The second-order valence-corrected chi connectivity index (χ2v) is 9.57. The van der Waals surface area contributed by atoms with E-state index in [1.54, 1.807) is 25.1 Å². The Morgan fingerprint density at radius 3 is 2.46 bits per heavy atom. The van der Waals surface area contributed by atoms with Crippen LogP contribution in [0.1, 0.15) is 16.7 Å². The number of benzene rings is 2. The number of aliphatic carboxylic acids is 1. The van der Waals surface area contributed by atoms with E-state index in [0.29, 0.717) is 28.0 Å². The van der Waals surface area contributed by atoms with Crippen molar-refractivity contribution in [3.8, 4) is 5.75 Å². The van der Waals surface area contributed by atoms with Crippen LogP contribution < -0.4 is 26.3 Å². The summed E-state index contributed by atoms with van der Waals surface area (Å²) in [5.41, 5.74) is 1.43. The minimum absolute atomic E-state index is 0.161. The van der Waals surface area contributed by atoms with Crippen LogP contribution in [0.25, 0.3) is 11.0 Å². The summed E-state index contributed by atoms with van der Waals surface area (Å²) in [5.74, 6) is -1.81. The summed E-state index contributed by atoms with van der Waals surface area (Å²) in [4.78, 5) is 60.9. The van der Waals surface area contributed by atoms with E-state index < -0.39 is 48.4 Å². The molecule has 3 rings (SSSR count). The Morgan fingerprint density at radius 1 is 1.03 bits per heavy atom. The molecule has 3 aromatic rings. The van der Waals surface area contributed by atoms with Crippen molar-refractivity contribution in [3.63, 3.8) is 0 Å². The molecule has 0 saturated carbocycles. The van der Waals surface area contributed by atoms with Crippen molar-refractivity contribution in [2.24, 2.45) is 0 Å². The van der Waals surface area contributed by atoms with Gasteiger partial charge in [-0.05, 0) is 30.2 Å². The van der Waals surface area contributed by atoms with Crippen molar-refractivity contribution in [2.75, 3.05) is 26.0 Å². The Hall–Kier alpha value is -4.32. The van der Waals surface area contributed by atoms with Gasteiger partial charge in [0.15, 0.2) is 0 Å². The minimum Gasteiger partial charge on any atom is -0.497 e. The molecule has 206 valence electrons. The molecule has 0 aliphatic heterocycles. The van der Waals surface area contributed by atoms with Crippen molar-refractivity contribution in [1.29, 1.82) is 0 Å². The number of carboxylic acid groups (broad SMARTS) is 1. The van der Waals surface area contributed by atoms with Gasteiger partial charge in [-0.25, -0.2) is 4.79 Å². The Bertz CT molecular complexity index is 1410. The SMILES string of the molecule is COc1ccc2c(C)c(CC(=O)NC(CSCc3ccccc3)C(=O)NCC(=O)NCC(=O)O)c(=O)oc2c1. The molecule has 3 amide bonds. The van der Waals surface area contributed by atoms with Crippen molar-refractivity contribution in [3.05, 3.63) is 75.6 Å². The number of fused-ring (bicyclic) bond motifs is 1. The van der Waals surface area contributed by atoms with E-state index in [0.717, 1.165) is 5.56 Å². The molecule has 12 heteroatoms. The molecule has 0 aliphatic carbocycles. The van der Waals surface area contributed by atoms with Crippen LogP contribution in [0.5, 0.6) is 5.75 Å². The summed E-state index contributed by atoms with van der Waals surface area (Å²) in [6.07, 6.45) is -0.317. The number of carbonyl (C=O) groups is 4. The monoisotopic (exact) mass is 555 g/mol. The molecule has 39 heavy (non-hydrogen) atoms. The first-order valence-corrected chi connectivity index (χ1v) is 13.1. The van der Waals surface area contributed by atoms with Crippen molar-refractivity contribution in [1.82, 2.24) is 16.0 Å². The van der Waals surface area contributed by atoms with Gasteiger partial charge in [0.05, 0.1) is 25.6 Å². The van der Waals surface area contributed by atoms with Crippen molar-refractivity contribution < 1.29 is 33.4 Å². The molecule has 0 fully saturated rings. The van der Waals surface area contributed by atoms with Gasteiger partial charge in [0.2, 0.25) is 17.7 Å². The quantitative estimate of drug-likeness (QED) is 0.228. The number of aryl methyl sites for hydroxylation is 1. The Balaban J connectivity index is 1.70. The van der Waals surface area contributed by atoms with Crippen molar-refractivity contribution in [2.45, 2.75) is 25.1 Å². The zero-order chi connectivity index (χ0) is 28.4. The van der Waals surface area contributed by atoms with Crippen LogP contribution in [0.15, 0.2) is 57.7 Å². The van der Waals surface area contributed by atoms with E-state index in [9.17, 15) is 24.0 Å². The number of ether oxygens (including phenoxy) is 1. The van der Waals surface area contributed by atoms with Gasteiger partial charge in [-0.1, -0.05) is 30.3 Å². The maximum Gasteiger partial charge on any atom is 0.340 e. The molecular weight excluding hydrogens is 526 g/mol. The summed E-state index contributed by atoms with van der Waals surface area (Å²) in [6, 6.07) is 13.6. The molecule has 0 saturated heterocycles. The van der Waals surface area contributed by atoms with Crippen LogP contribution in [-0.2, 0) is 31.4 Å². The van der Waals surface area contributed by atoms with Gasteiger partial charge in [-0.2, -0.15) is 11.8 Å². The maximum absolute atomic E-state index is 13.0. The standard InChI is InChI=1S/C27H29N3O8S/c1-16-19-9-8-18(37-2)10-22(19)38-27(36)20(16)11-23(31)30-21(15-39-14-17-6-4-3-5-7-17)26(35)29-12-24(32)28-13-25(33)34/h3-10,21H,11-15H2,1-2H3,(H,28,32)(H,29,35)(H,30,31)(H,33,34). The zero-order valence-corrected chi connectivity index (χ0v) is 22.3. The van der Waals surface area contributed by atoms with Gasteiger partial charge in [0.1, 0.15) is 23.9 Å². The van der Waals surface area contributed by atoms with Gasteiger partial charge in [0.25, 0.3) is 0 Å². The van der Waals surface area contributed by atoms with Crippen LogP contribution >= 0.6 is 11.8 Å². The number of rotatable bonds is 13. The molecule has 1 unspecified atom stereocenters. The number of carbonyl (C=O) groups excluding carboxylic acids is 3. The molecule has 0 aliphatic rings. The van der Waals surface area contributed by atoms with Gasteiger partial charge in [0, 0.05) is 23.0 Å². The molecular formula is C27H29N3O8S. The predicted molar refractivity (Wildman–Crippen MR) is 146 cm³/mol. The van der Waals surface area contributed by atoms with Gasteiger partial charge < -0.3 is 30.2 Å². The third kappa shape index (κ3) is 8.60. The molecule has 0 spiro atoms. The number of nitrogens with one attached hydrogen (secondary N) is 3. The maximum atomic E-state index is 13.0. The Kier molecular flexibility index (Phi) is 10.5. The summed E-state index contributed by atoms with van der Waals surface area (Å²) in [5, 5.41) is 16.5. The Labute approximate surface area is 228 Å². The number of hydrogen-bond donors (Lipinski definition) is 4. The fraction of sp³-hybridized carbons (Fsp3) is 0.296. The molecule has 11 nitrogen and oxygen atoms in total. The number of hydrogen-bond acceptors (Lipinski definition) is 8. The molecule has 0 radical (unpaired) electrons. The molecule has 2 aromatic carbocycles. The second-order valence-electron chi connectivity index (χ2n) is 8.54. The Morgan fingerprint density at radius 2 is 1.77 bits per heavy atom. The minimum atomic E-state index is -1.22. The van der Waals surface area contributed by atoms with E-state index in [4.69, 9.17) is 14.3 Å². The number of methoxy groups -OCH3 is 1. The first-order chi connectivity index (χ1) is 18.7. The molecule has 1 aromatic heterocycles. The number of amides is 3. The van der Waals surface area contributed by atoms with Crippen LogP contribution in [-0.4, -0.2) is 60.8 Å². The highest BCUT2D eigenvalue weighted by Gasteiger charge is 2.23. The lowest BCUT2D eigenvalue weighted by Crippen LogP contribution is -2.51. The zero-order valence-electron chi connectivity index (χ0n) is 21.4. The summed E-state index contributed by atoms with van der Waals surface area (Å²) < 4.78 is 10.6. The summed E-state index contributed by atoms with van der Waals surface area (Å²) in [7, 11) is 1.50. The van der Waals surface area contributed by atoms with E-state index in [1.807, 2.05) is 30.3 Å². The largest absolute Gasteiger partial charge is 0.497 e. The lowest BCUT2D eigenvalue weighted by Gasteiger charge is -2.18. The topological polar surface area (TPSA) is 164 Å². The first-order valence-electron chi connectivity index (χ1n) is 12.0. The van der Waals surface area contributed by atoms with Gasteiger partial charge in [-0.15, -0.1) is 0 Å². The third-order valence-electron chi connectivity index (χ3n) is 5.74. The lowest BCUT2D eigenvalue weighted by molar-refractivity contribution is -0.138. The van der Waals surface area contributed by atoms with Crippen molar-refractivity contribution >= 4 is 46.4 Å². The number of thioether (sulfide) groups is 1.